The highest BCUT2D eigenvalue weighted by atomic mass is 79.9. The molecule has 0 heterocycles. The first-order valence-corrected chi connectivity index (χ1v) is 7.87. The molecule has 0 amide bonds. The quantitative estimate of drug-likeness (QED) is 0.853. The van der Waals surface area contributed by atoms with Gasteiger partial charge in [0.25, 0.3) is 0 Å². The summed E-state index contributed by atoms with van der Waals surface area (Å²) in [6, 6.07) is 4.26. The van der Waals surface area contributed by atoms with Gasteiger partial charge in [0.1, 0.15) is 0 Å². The van der Waals surface area contributed by atoms with Crippen molar-refractivity contribution in [3.63, 3.8) is 0 Å². The molecule has 0 aliphatic heterocycles. The van der Waals surface area contributed by atoms with E-state index in [-0.39, 0.29) is 11.3 Å². The topological polar surface area (TPSA) is 97.5 Å². The number of carbonyl (C=O) groups is 1. The zero-order chi connectivity index (χ0) is 13.9. The second-order valence-electron chi connectivity index (χ2n) is 4.00. The highest BCUT2D eigenvalue weighted by molar-refractivity contribution is 9.10. The Morgan fingerprint density at radius 1 is 1.50 bits per heavy atom. The molecule has 3 N–H and O–H groups in total. The van der Waals surface area contributed by atoms with Gasteiger partial charge >= 0.3 is 5.97 Å². The van der Waals surface area contributed by atoms with E-state index < -0.39 is 21.8 Å². The van der Waals surface area contributed by atoms with E-state index in [1.165, 1.54) is 6.07 Å². The molecule has 0 saturated heterocycles. The minimum absolute atomic E-state index is 0.0212. The van der Waals surface area contributed by atoms with Crippen LogP contribution in [0, 0.1) is 0 Å². The number of halogens is 1. The average molecular weight is 336 g/mol. The molecule has 0 spiro atoms. The lowest BCUT2D eigenvalue weighted by atomic mass is 10.0. The summed E-state index contributed by atoms with van der Waals surface area (Å²) < 4.78 is 23.3. The Hall–Kier alpha value is -0.920. The van der Waals surface area contributed by atoms with Crippen LogP contribution in [-0.4, -0.2) is 25.7 Å². The molecule has 1 aromatic carbocycles. The van der Waals surface area contributed by atoms with Crippen molar-refractivity contribution in [2.45, 2.75) is 23.8 Å². The summed E-state index contributed by atoms with van der Waals surface area (Å²) in [6.07, 6.45) is 1.41. The summed E-state index contributed by atoms with van der Waals surface area (Å²) in [5, 5.41) is 8.57. The molecule has 1 rings (SSSR count). The number of hydrogen-bond acceptors (Lipinski definition) is 4. The fourth-order valence-corrected chi connectivity index (χ4v) is 3.50. The van der Waals surface area contributed by atoms with Gasteiger partial charge < -0.3 is 10.8 Å². The Morgan fingerprint density at radius 2 is 2.11 bits per heavy atom. The van der Waals surface area contributed by atoms with E-state index in [2.05, 4.69) is 15.9 Å². The molecule has 0 radical (unpaired) electrons. The van der Waals surface area contributed by atoms with Crippen LogP contribution in [0.1, 0.15) is 24.4 Å². The summed E-state index contributed by atoms with van der Waals surface area (Å²) in [6.45, 7) is 0. The van der Waals surface area contributed by atoms with E-state index in [0.29, 0.717) is 16.5 Å². The number of carboxylic acids is 1. The van der Waals surface area contributed by atoms with Crippen molar-refractivity contribution in [3.05, 3.63) is 28.2 Å². The molecule has 1 unspecified atom stereocenters. The highest BCUT2D eigenvalue weighted by Gasteiger charge is 2.15. The number of rotatable bonds is 5. The average Bonchev–Trinajstić information content (AvgIpc) is 2.23. The van der Waals surface area contributed by atoms with Crippen molar-refractivity contribution in [1.29, 1.82) is 0 Å². The van der Waals surface area contributed by atoms with Crippen molar-refractivity contribution in [2.24, 2.45) is 5.73 Å². The minimum Gasteiger partial charge on any atom is -0.481 e. The molecule has 5 nitrogen and oxygen atoms in total. The van der Waals surface area contributed by atoms with Gasteiger partial charge in [-0.3, -0.25) is 4.79 Å². The molecule has 1 aromatic rings. The summed E-state index contributed by atoms with van der Waals surface area (Å²) in [5.74, 6) is -0.905. The highest BCUT2D eigenvalue weighted by Crippen LogP contribution is 2.26. The van der Waals surface area contributed by atoms with E-state index in [1.54, 1.807) is 12.1 Å². The first-order chi connectivity index (χ1) is 8.21. The number of aliphatic carboxylic acids is 1. The normalized spacial score (nSPS) is 13.3. The van der Waals surface area contributed by atoms with Gasteiger partial charge in [0, 0.05) is 23.2 Å². The second kappa shape index (κ2) is 5.81. The van der Waals surface area contributed by atoms with Crippen LogP contribution in [0.3, 0.4) is 0 Å². The van der Waals surface area contributed by atoms with Crippen molar-refractivity contribution in [1.82, 2.24) is 0 Å². The van der Waals surface area contributed by atoms with Gasteiger partial charge in [-0.15, -0.1) is 0 Å². The summed E-state index contributed by atoms with van der Waals surface area (Å²) in [4.78, 5) is 10.6. The van der Waals surface area contributed by atoms with Crippen LogP contribution in [0.2, 0.25) is 0 Å². The number of hydrogen-bond donors (Lipinski definition) is 2. The molecule has 1 atom stereocenters. The molecular weight excluding hydrogens is 322 g/mol. The number of sulfone groups is 1. The lowest BCUT2D eigenvalue weighted by molar-refractivity contribution is -0.137. The van der Waals surface area contributed by atoms with E-state index in [1.807, 2.05) is 0 Å². The number of carboxylic acid groups (broad SMARTS) is 1. The molecule has 0 saturated carbocycles. The van der Waals surface area contributed by atoms with Gasteiger partial charge in [-0.1, -0.05) is 6.07 Å². The van der Waals surface area contributed by atoms with Gasteiger partial charge in [-0.05, 0) is 40.0 Å². The third-order valence-electron chi connectivity index (χ3n) is 2.45. The molecule has 0 aliphatic carbocycles. The Kier molecular flexibility index (Phi) is 4.89. The Morgan fingerprint density at radius 3 is 2.56 bits per heavy atom. The van der Waals surface area contributed by atoms with Crippen molar-refractivity contribution >= 4 is 31.7 Å². The summed E-state index contributed by atoms with van der Waals surface area (Å²) in [5.41, 5.74) is 6.54. The van der Waals surface area contributed by atoms with E-state index in [9.17, 15) is 13.2 Å². The molecule has 0 bridgehead atoms. The largest absolute Gasteiger partial charge is 0.481 e. The van der Waals surface area contributed by atoms with Gasteiger partial charge in [0.05, 0.1) is 4.90 Å². The standard InChI is InChI=1S/C11H14BrNO4S/c1-18(16,17)10-4-2-7(6-8(10)12)9(13)3-5-11(14)15/h2,4,6,9H,3,5,13H2,1H3,(H,14,15). The molecule has 7 heteroatoms. The second-order valence-corrected chi connectivity index (χ2v) is 6.84. The maximum Gasteiger partial charge on any atom is 0.303 e. The predicted octanol–water partition coefficient (Wildman–Crippen LogP) is 1.72. The van der Waals surface area contributed by atoms with Gasteiger partial charge in [-0.2, -0.15) is 0 Å². The number of benzene rings is 1. The van der Waals surface area contributed by atoms with Gasteiger partial charge in [0.15, 0.2) is 9.84 Å². The Labute approximate surface area is 114 Å². The van der Waals surface area contributed by atoms with Crippen LogP contribution in [0.25, 0.3) is 0 Å². The third kappa shape index (κ3) is 4.08. The fourth-order valence-electron chi connectivity index (χ4n) is 1.49. The van der Waals surface area contributed by atoms with E-state index in [4.69, 9.17) is 10.8 Å². The van der Waals surface area contributed by atoms with Crippen LogP contribution < -0.4 is 5.73 Å². The van der Waals surface area contributed by atoms with Crippen molar-refractivity contribution in [2.75, 3.05) is 6.26 Å². The molecule has 0 aliphatic rings. The zero-order valence-electron chi connectivity index (χ0n) is 9.76. The minimum atomic E-state index is -3.28. The number of nitrogens with two attached hydrogens (primary N) is 1. The van der Waals surface area contributed by atoms with E-state index >= 15 is 0 Å². The monoisotopic (exact) mass is 335 g/mol. The fraction of sp³-hybridized carbons (Fsp3) is 0.364. The summed E-state index contributed by atoms with van der Waals surface area (Å²) in [7, 11) is -3.28. The lowest BCUT2D eigenvalue weighted by Gasteiger charge is -2.12. The molecule has 100 valence electrons. The molecule has 0 fully saturated rings. The lowest BCUT2D eigenvalue weighted by Crippen LogP contribution is -2.12. The van der Waals surface area contributed by atoms with Crippen LogP contribution in [0.5, 0.6) is 0 Å². The summed E-state index contributed by atoms with van der Waals surface area (Å²) >= 11 is 3.18. The zero-order valence-corrected chi connectivity index (χ0v) is 12.2. The Bertz CT molecular complexity index is 556. The Balaban J connectivity index is 2.94. The van der Waals surface area contributed by atoms with Crippen LogP contribution in [0.4, 0.5) is 0 Å². The van der Waals surface area contributed by atoms with Crippen LogP contribution in [-0.2, 0) is 14.6 Å². The van der Waals surface area contributed by atoms with E-state index in [0.717, 1.165) is 6.26 Å². The molecule has 0 aromatic heterocycles. The maximum absolute atomic E-state index is 11.4. The van der Waals surface area contributed by atoms with Crippen LogP contribution in [0.15, 0.2) is 27.6 Å². The van der Waals surface area contributed by atoms with Crippen molar-refractivity contribution in [3.8, 4) is 0 Å². The van der Waals surface area contributed by atoms with Crippen LogP contribution >= 0.6 is 15.9 Å². The van der Waals surface area contributed by atoms with Gasteiger partial charge in [-0.25, -0.2) is 8.42 Å². The smallest absolute Gasteiger partial charge is 0.303 e. The predicted molar refractivity (Wildman–Crippen MR) is 71.1 cm³/mol. The first kappa shape index (κ1) is 15.1. The molecular formula is C11H14BrNO4S. The first-order valence-electron chi connectivity index (χ1n) is 5.18. The molecule has 18 heavy (non-hydrogen) atoms. The van der Waals surface area contributed by atoms with Crippen molar-refractivity contribution < 1.29 is 18.3 Å². The SMILES string of the molecule is CS(=O)(=O)c1ccc(C(N)CCC(=O)O)cc1Br. The maximum atomic E-state index is 11.4. The van der Waals surface area contributed by atoms with Gasteiger partial charge in [0.2, 0.25) is 0 Å². The third-order valence-corrected chi connectivity index (χ3v) is 4.53.